The number of hydrogen-bond donors (Lipinski definition) is 0. The number of hydrogen-bond acceptors (Lipinski definition) is 1. The molecule has 0 radical (unpaired) electrons. The molecule has 0 N–H and O–H groups in total. The van der Waals surface area contributed by atoms with Crippen LogP contribution in [0.1, 0.15) is 0 Å². The SMILES string of the molecule is c1ccc(-c2cc(-c3cccc4ccccc34)ccn2)cc1. The minimum Gasteiger partial charge on any atom is -0.256 e. The van der Waals surface area contributed by atoms with Gasteiger partial charge in [0.05, 0.1) is 5.69 Å². The van der Waals surface area contributed by atoms with Crippen LogP contribution < -0.4 is 0 Å². The molecule has 0 fully saturated rings. The molecule has 0 unspecified atom stereocenters. The third-order valence-corrected chi connectivity index (χ3v) is 3.93. The van der Waals surface area contributed by atoms with Crippen LogP contribution in [0.2, 0.25) is 0 Å². The van der Waals surface area contributed by atoms with Crippen molar-refractivity contribution in [2.75, 3.05) is 0 Å². The van der Waals surface area contributed by atoms with E-state index in [1.807, 2.05) is 24.4 Å². The van der Waals surface area contributed by atoms with Gasteiger partial charge in [0.25, 0.3) is 0 Å². The van der Waals surface area contributed by atoms with Gasteiger partial charge in [0.15, 0.2) is 0 Å². The van der Waals surface area contributed by atoms with Crippen molar-refractivity contribution < 1.29 is 0 Å². The highest BCUT2D eigenvalue weighted by Gasteiger charge is 2.05. The monoisotopic (exact) mass is 281 g/mol. The summed E-state index contributed by atoms with van der Waals surface area (Å²) in [6.07, 6.45) is 1.89. The van der Waals surface area contributed by atoms with E-state index < -0.39 is 0 Å². The molecule has 0 atom stereocenters. The number of rotatable bonds is 2. The number of nitrogens with zero attached hydrogens (tertiary/aromatic N) is 1. The van der Waals surface area contributed by atoms with E-state index in [2.05, 4.69) is 71.7 Å². The van der Waals surface area contributed by atoms with Gasteiger partial charge in [-0.05, 0) is 34.0 Å². The molecule has 0 aliphatic carbocycles. The van der Waals surface area contributed by atoms with Crippen LogP contribution in [-0.2, 0) is 0 Å². The van der Waals surface area contributed by atoms with Gasteiger partial charge in [-0.2, -0.15) is 0 Å². The molecule has 22 heavy (non-hydrogen) atoms. The molecule has 0 saturated carbocycles. The fourth-order valence-corrected chi connectivity index (χ4v) is 2.84. The smallest absolute Gasteiger partial charge is 0.0708 e. The highest BCUT2D eigenvalue weighted by molar-refractivity contribution is 5.97. The second-order valence-corrected chi connectivity index (χ2v) is 5.32. The predicted octanol–water partition coefficient (Wildman–Crippen LogP) is 5.57. The van der Waals surface area contributed by atoms with Crippen LogP contribution in [0.3, 0.4) is 0 Å². The Morgan fingerprint density at radius 2 is 1.36 bits per heavy atom. The second-order valence-electron chi connectivity index (χ2n) is 5.32. The molecule has 104 valence electrons. The van der Waals surface area contributed by atoms with Gasteiger partial charge in [-0.3, -0.25) is 4.98 Å². The van der Waals surface area contributed by atoms with E-state index in [0.29, 0.717) is 0 Å². The zero-order valence-corrected chi connectivity index (χ0v) is 12.1. The standard InChI is InChI=1S/C21H15N/c1-2-8-17(9-3-1)21-15-18(13-14-22-21)20-12-6-10-16-7-4-5-11-19(16)20/h1-15H. The quantitative estimate of drug-likeness (QED) is 0.468. The van der Waals surface area contributed by atoms with Crippen molar-refractivity contribution in [3.05, 3.63) is 91.1 Å². The van der Waals surface area contributed by atoms with Crippen LogP contribution in [0.4, 0.5) is 0 Å². The van der Waals surface area contributed by atoms with Crippen molar-refractivity contribution in [2.24, 2.45) is 0 Å². The van der Waals surface area contributed by atoms with E-state index in [1.54, 1.807) is 0 Å². The van der Waals surface area contributed by atoms with E-state index in [0.717, 1.165) is 11.3 Å². The van der Waals surface area contributed by atoms with Gasteiger partial charge in [0.1, 0.15) is 0 Å². The van der Waals surface area contributed by atoms with Crippen molar-refractivity contribution in [3.63, 3.8) is 0 Å². The summed E-state index contributed by atoms with van der Waals surface area (Å²) in [5.41, 5.74) is 4.60. The summed E-state index contributed by atoms with van der Waals surface area (Å²) in [5.74, 6) is 0. The topological polar surface area (TPSA) is 12.9 Å². The average Bonchev–Trinajstić information content (AvgIpc) is 2.62. The first-order valence-electron chi connectivity index (χ1n) is 7.41. The van der Waals surface area contributed by atoms with Gasteiger partial charge >= 0.3 is 0 Å². The Hall–Kier alpha value is -2.93. The molecule has 0 saturated heterocycles. The molecule has 1 aromatic heterocycles. The summed E-state index contributed by atoms with van der Waals surface area (Å²) < 4.78 is 0. The van der Waals surface area contributed by atoms with Crippen LogP contribution in [-0.4, -0.2) is 4.98 Å². The summed E-state index contributed by atoms with van der Waals surface area (Å²) in [6, 6.07) is 29.5. The van der Waals surface area contributed by atoms with Crippen LogP contribution in [0.25, 0.3) is 33.2 Å². The lowest BCUT2D eigenvalue weighted by Gasteiger charge is -2.08. The molecule has 0 aliphatic rings. The summed E-state index contributed by atoms with van der Waals surface area (Å²) in [7, 11) is 0. The number of aromatic nitrogens is 1. The highest BCUT2D eigenvalue weighted by atomic mass is 14.7. The molecular formula is C21H15N. The van der Waals surface area contributed by atoms with Gasteiger partial charge in [-0.15, -0.1) is 0 Å². The van der Waals surface area contributed by atoms with E-state index in [4.69, 9.17) is 0 Å². The fourth-order valence-electron chi connectivity index (χ4n) is 2.84. The second kappa shape index (κ2) is 5.45. The van der Waals surface area contributed by atoms with Crippen LogP contribution >= 0.6 is 0 Å². The van der Waals surface area contributed by atoms with Gasteiger partial charge in [-0.1, -0.05) is 72.8 Å². The molecule has 0 amide bonds. The third kappa shape index (κ3) is 2.27. The Morgan fingerprint density at radius 3 is 2.27 bits per heavy atom. The fraction of sp³-hybridized carbons (Fsp3) is 0. The van der Waals surface area contributed by atoms with Gasteiger partial charge in [0, 0.05) is 11.8 Å². The maximum Gasteiger partial charge on any atom is 0.0708 e. The highest BCUT2D eigenvalue weighted by Crippen LogP contribution is 2.30. The molecule has 1 nitrogen and oxygen atoms in total. The lowest BCUT2D eigenvalue weighted by atomic mass is 9.98. The molecule has 4 aromatic rings. The van der Waals surface area contributed by atoms with Crippen molar-refractivity contribution >= 4 is 10.8 Å². The molecule has 4 rings (SSSR count). The van der Waals surface area contributed by atoms with Crippen molar-refractivity contribution in [1.29, 1.82) is 0 Å². The molecule has 1 heteroatoms. The first-order chi connectivity index (χ1) is 10.9. The Balaban J connectivity index is 1.89. The molecule has 0 aliphatic heterocycles. The number of pyridine rings is 1. The first-order valence-corrected chi connectivity index (χ1v) is 7.41. The molecule has 3 aromatic carbocycles. The molecule has 0 bridgehead atoms. The van der Waals surface area contributed by atoms with Gasteiger partial charge in [0.2, 0.25) is 0 Å². The lowest BCUT2D eigenvalue weighted by Crippen LogP contribution is -1.86. The van der Waals surface area contributed by atoms with Crippen LogP contribution in [0.5, 0.6) is 0 Å². The largest absolute Gasteiger partial charge is 0.256 e. The Bertz CT molecular complexity index is 921. The van der Waals surface area contributed by atoms with E-state index in [1.165, 1.54) is 21.9 Å². The van der Waals surface area contributed by atoms with Gasteiger partial charge in [-0.25, -0.2) is 0 Å². The van der Waals surface area contributed by atoms with E-state index in [-0.39, 0.29) is 0 Å². The summed E-state index contributed by atoms with van der Waals surface area (Å²) in [6.45, 7) is 0. The minimum absolute atomic E-state index is 1.01. The average molecular weight is 281 g/mol. The van der Waals surface area contributed by atoms with Crippen LogP contribution in [0.15, 0.2) is 91.1 Å². The molecular weight excluding hydrogens is 266 g/mol. The minimum atomic E-state index is 1.01. The van der Waals surface area contributed by atoms with Crippen molar-refractivity contribution in [1.82, 2.24) is 4.98 Å². The van der Waals surface area contributed by atoms with E-state index >= 15 is 0 Å². The van der Waals surface area contributed by atoms with E-state index in [9.17, 15) is 0 Å². The lowest BCUT2D eigenvalue weighted by molar-refractivity contribution is 1.33. The number of benzene rings is 3. The molecule has 1 heterocycles. The Morgan fingerprint density at radius 1 is 0.591 bits per heavy atom. The Kier molecular flexibility index (Phi) is 3.17. The van der Waals surface area contributed by atoms with Gasteiger partial charge < -0.3 is 0 Å². The summed E-state index contributed by atoms with van der Waals surface area (Å²) in [4.78, 5) is 4.52. The summed E-state index contributed by atoms with van der Waals surface area (Å²) in [5, 5.41) is 2.54. The maximum atomic E-state index is 4.52. The predicted molar refractivity (Wildman–Crippen MR) is 92.6 cm³/mol. The van der Waals surface area contributed by atoms with Crippen molar-refractivity contribution in [3.8, 4) is 22.4 Å². The zero-order valence-electron chi connectivity index (χ0n) is 12.1. The molecule has 0 spiro atoms. The maximum absolute atomic E-state index is 4.52. The van der Waals surface area contributed by atoms with Crippen molar-refractivity contribution in [2.45, 2.75) is 0 Å². The normalized spacial score (nSPS) is 10.7. The summed E-state index contributed by atoms with van der Waals surface area (Å²) >= 11 is 0. The third-order valence-electron chi connectivity index (χ3n) is 3.93. The first kappa shape index (κ1) is 12.8. The zero-order chi connectivity index (χ0) is 14.8. The Labute approximate surface area is 129 Å². The number of fused-ring (bicyclic) bond motifs is 1. The van der Waals surface area contributed by atoms with Crippen LogP contribution in [0, 0.1) is 0 Å².